The van der Waals surface area contributed by atoms with Crippen molar-refractivity contribution in [1.29, 1.82) is 0 Å². The number of hydrogen-bond acceptors (Lipinski definition) is 0. The van der Waals surface area contributed by atoms with E-state index >= 15 is 0 Å². The second kappa shape index (κ2) is 16.1. The number of rotatable bonds is 15. The van der Waals surface area contributed by atoms with Crippen molar-refractivity contribution in [2.75, 3.05) is 0 Å². The summed E-state index contributed by atoms with van der Waals surface area (Å²) in [6.07, 6.45) is 22.6. The molecule has 0 aliphatic heterocycles. The fraction of sp³-hybridized carbons (Fsp3) is 0.947. The van der Waals surface area contributed by atoms with Crippen molar-refractivity contribution in [3.63, 3.8) is 0 Å². The first kappa shape index (κ1) is 19.0. The molecule has 0 bridgehead atoms. The lowest BCUT2D eigenvalue weighted by Gasteiger charge is -2.14. The van der Waals surface area contributed by atoms with Gasteiger partial charge in [0.2, 0.25) is 0 Å². The van der Waals surface area contributed by atoms with E-state index in [2.05, 4.69) is 27.2 Å². The monoisotopic (exact) mass is 267 g/mol. The molecule has 0 heterocycles. The van der Waals surface area contributed by atoms with Gasteiger partial charge in [0.1, 0.15) is 0 Å². The normalized spacial score (nSPS) is 11.4. The van der Waals surface area contributed by atoms with Gasteiger partial charge in [-0.2, -0.15) is 0 Å². The zero-order valence-electron chi connectivity index (χ0n) is 14.1. The summed E-state index contributed by atoms with van der Waals surface area (Å²) in [6.45, 7) is 6.85. The van der Waals surface area contributed by atoms with E-state index in [1.165, 1.54) is 89.9 Å². The second-order valence-electron chi connectivity index (χ2n) is 6.21. The van der Waals surface area contributed by atoms with Crippen LogP contribution in [0.2, 0.25) is 0 Å². The molecule has 0 aromatic carbocycles. The maximum Gasteiger partial charge on any atom is -0.0386 e. The van der Waals surface area contributed by atoms with Crippen molar-refractivity contribution in [3.8, 4) is 0 Å². The van der Waals surface area contributed by atoms with Crippen LogP contribution in [0.5, 0.6) is 0 Å². The van der Waals surface area contributed by atoms with E-state index in [1.807, 2.05) is 0 Å². The molecule has 0 aromatic heterocycles. The molecule has 0 aromatic rings. The minimum Gasteiger partial charge on any atom is -0.0654 e. The maximum atomic E-state index is 2.46. The summed E-state index contributed by atoms with van der Waals surface area (Å²) in [5.41, 5.74) is 0. The Bertz CT molecular complexity index is 134. The summed E-state index contributed by atoms with van der Waals surface area (Å²) in [4.78, 5) is 0. The van der Waals surface area contributed by atoms with Crippen molar-refractivity contribution in [2.45, 2.75) is 111 Å². The standard InChI is InChI=1S/C19H39/c1-4-7-9-11-13-15-17-19(6-3)18-16-14-12-10-8-5-2/h6,19H,4-5,7-18H2,1-3H3. The van der Waals surface area contributed by atoms with Crippen LogP contribution in [0, 0.1) is 12.3 Å². The van der Waals surface area contributed by atoms with E-state index in [9.17, 15) is 0 Å². The molecule has 0 N–H and O–H groups in total. The molecule has 0 atom stereocenters. The largest absolute Gasteiger partial charge is 0.0654 e. The fourth-order valence-electron chi connectivity index (χ4n) is 2.85. The Hall–Kier alpha value is 0. The summed E-state index contributed by atoms with van der Waals surface area (Å²) >= 11 is 0. The smallest absolute Gasteiger partial charge is 0.0386 e. The quantitative estimate of drug-likeness (QED) is 0.272. The van der Waals surface area contributed by atoms with E-state index in [4.69, 9.17) is 0 Å². The van der Waals surface area contributed by atoms with Crippen LogP contribution in [0.25, 0.3) is 0 Å². The molecule has 0 aliphatic carbocycles. The van der Waals surface area contributed by atoms with Gasteiger partial charge in [-0.05, 0) is 12.3 Å². The first-order valence-corrected chi connectivity index (χ1v) is 9.14. The van der Waals surface area contributed by atoms with Gasteiger partial charge in [0.05, 0.1) is 0 Å². The SMILES string of the molecule is C[CH]C(CCCCCCCC)CCCCCCCC. The summed E-state index contributed by atoms with van der Waals surface area (Å²) in [6, 6.07) is 0. The van der Waals surface area contributed by atoms with Gasteiger partial charge in [-0.1, -0.05) is 111 Å². The van der Waals surface area contributed by atoms with Crippen LogP contribution in [0.1, 0.15) is 111 Å². The number of unbranched alkanes of at least 4 members (excludes halogenated alkanes) is 10. The van der Waals surface area contributed by atoms with Gasteiger partial charge in [0.15, 0.2) is 0 Å². The molecule has 0 nitrogen and oxygen atoms in total. The molecule has 0 amide bonds. The van der Waals surface area contributed by atoms with E-state index < -0.39 is 0 Å². The molecule has 0 saturated carbocycles. The third-order valence-electron chi connectivity index (χ3n) is 4.33. The Morgan fingerprint density at radius 3 is 1.32 bits per heavy atom. The summed E-state index contributed by atoms with van der Waals surface area (Å²) in [5, 5.41) is 0. The molecular weight excluding hydrogens is 228 g/mol. The highest BCUT2D eigenvalue weighted by molar-refractivity contribution is 4.71. The van der Waals surface area contributed by atoms with Crippen LogP contribution in [-0.4, -0.2) is 0 Å². The zero-order valence-corrected chi connectivity index (χ0v) is 14.1. The molecule has 19 heavy (non-hydrogen) atoms. The molecular formula is C19H39. The summed E-state index contributed by atoms with van der Waals surface area (Å²) in [7, 11) is 0. The van der Waals surface area contributed by atoms with Gasteiger partial charge < -0.3 is 0 Å². The van der Waals surface area contributed by atoms with Crippen molar-refractivity contribution in [1.82, 2.24) is 0 Å². The Labute approximate surface area is 123 Å². The van der Waals surface area contributed by atoms with E-state index in [0.29, 0.717) is 0 Å². The molecule has 0 heteroatoms. The third-order valence-corrected chi connectivity index (χ3v) is 4.33. The van der Waals surface area contributed by atoms with Crippen molar-refractivity contribution in [3.05, 3.63) is 6.42 Å². The Morgan fingerprint density at radius 1 is 0.579 bits per heavy atom. The van der Waals surface area contributed by atoms with Gasteiger partial charge in [0, 0.05) is 0 Å². The predicted molar refractivity (Wildman–Crippen MR) is 89.5 cm³/mol. The highest BCUT2D eigenvalue weighted by Gasteiger charge is 2.05. The first-order chi connectivity index (χ1) is 9.35. The molecule has 0 aliphatic rings. The minimum absolute atomic E-state index is 0.900. The molecule has 115 valence electrons. The molecule has 0 saturated heterocycles. The zero-order chi connectivity index (χ0) is 14.2. The molecule has 0 unspecified atom stereocenters. The van der Waals surface area contributed by atoms with Crippen LogP contribution in [0.4, 0.5) is 0 Å². The van der Waals surface area contributed by atoms with E-state index in [1.54, 1.807) is 0 Å². The van der Waals surface area contributed by atoms with Gasteiger partial charge in [-0.25, -0.2) is 0 Å². The average Bonchev–Trinajstić information content (AvgIpc) is 2.44. The van der Waals surface area contributed by atoms with Gasteiger partial charge in [-0.3, -0.25) is 0 Å². The predicted octanol–water partition coefficient (Wildman–Crippen LogP) is 7.33. The second-order valence-corrected chi connectivity index (χ2v) is 6.21. The lowest BCUT2D eigenvalue weighted by molar-refractivity contribution is 0.445. The lowest BCUT2D eigenvalue weighted by Crippen LogP contribution is -2.00. The van der Waals surface area contributed by atoms with E-state index in [-0.39, 0.29) is 0 Å². The van der Waals surface area contributed by atoms with Crippen LogP contribution in [-0.2, 0) is 0 Å². The Kier molecular flexibility index (Phi) is 16.1. The van der Waals surface area contributed by atoms with Crippen molar-refractivity contribution >= 4 is 0 Å². The highest BCUT2D eigenvalue weighted by Crippen LogP contribution is 2.21. The summed E-state index contributed by atoms with van der Waals surface area (Å²) < 4.78 is 0. The van der Waals surface area contributed by atoms with Crippen LogP contribution < -0.4 is 0 Å². The van der Waals surface area contributed by atoms with E-state index in [0.717, 1.165) is 5.92 Å². The highest BCUT2D eigenvalue weighted by atomic mass is 14.1. The Balaban J connectivity index is 3.30. The third kappa shape index (κ3) is 14.2. The van der Waals surface area contributed by atoms with Crippen molar-refractivity contribution < 1.29 is 0 Å². The Morgan fingerprint density at radius 2 is 0.947 bits per heavy atom. The van der Waals surface area contributed by atoms with Crippen LogP contribution in [0.15, 0.2) is 0 Å². The topological polar surface area (TPSA) is 0 Å². The van der Waals surface area contributed by atoms with Gasteiger partial charge in [0.25, 0.3) is 0 Å². The fourth-order valence-corrected chi connectivity index (χ4v) is 2.85. The van der Waals surface area contributed by atoms with Crippen LogP contribution in [0.3, 0.4) is 0 Å². The summed E-state index contributed by atoms with van der Waals surface area (Å²) in [5.74, 6) is 0.900. The molecule has 1 radical (unpaired) electrons. The minimum atomic E-state index is 0.900. The average molecular weight is 268 g/mol. The van der Waals surface area contributed by atoms with Crippen LogP contribution >= 0.6 is 0 Å². The molecule has 0 spiro atoms. The van der Waals surface area contributed by atoms with Gasteiger partial charge in [-0.15, -0.1) is 0 Å². The lowest BCUT2D eigenvalue weighted by atomic mass is 9.92. The first-order valence-electron chi connectivity index (χ1n) is 9.14. The molecule has 0 rings (SSSR count). The van der Waals surface area contributed by atoms with Crippen molar-refractivity contribution in [2.24, 2.45) is 5.92 Å². The number of hydrogen-bond donors (Lipinski definition) is 0. The maximum absolute atomic E-state index is 2.46. The van der Waals surface area contributed by atoms with Gasteiger partial charge >= 0.3 is 0 Å². The molecule has 0 fully saturated rings.